The van der Waals surface area contributed by atoms with E-state index in [-0.39, 0.29) is 18.2 Å². The second kappa shape index (κ2) is 3.93. The van der Waals surface area contributed by atoms with Crippen LogP contribution in [0.2, 0.25) is 0 Å². The van der Waals surface area contributed by atoms with E-state index in [1.807, 2.05) is 44.2 Å². The van der Waals surface area contributed by atoms with E-state index in [2.05, 4.69) is 0 Å². The second-order valence-corrected chi connectivity index (χ2v) is 3.94. The van der Waals surface area contributed by atoms with Crippen molar-refractivity contribution < 1.29 is 9.53 Å². The van der Waals surface area contributed by atoms with Crippen molar-refractivity contribution in [2.24, 2.45) is 0 Å². The molecule has 0 saturated carbocycles. The van der Waals surface area contributed by atoms with Crippen LogP contribution in [0.3, 0.4) is 0 Å². The summed E-state index contributed by atoms with van der Waals surface area (Å²) in [6.07, 6.45) is -0.222. The van der Waals surface area contributed by atoms with Gasteiger partial charge in [0.2, 0.25) is 0 Å². The quantitative estimate of drug-likeness (QED) is 0.742. The number of ether oxygens (including phenoxy) is 1. The zero-order valence-electron chi connectivity index (χ0n) is 9.01. The van der Waals surface area contributed by atoms with Crippen molar-refractivity contribution in [2.75, 3.05) is 0 Å². The Kier molecular flexibility index (Phi) is 2.62. The summed E-state index contributed by atoms with van der Waals surface area (Å²) in [5.74, 6) is 0. The van der Waals surface area contributed by atoms with E-state index < -0.39 is 0 Å². The van der Waals surface area contributed by atoms with Gasteiger partial charge in [-0.15, -0.1) is 0 Å². The van der Waals surface area contributed by atoms with Crippen LogP contribution in [0.5, 0.6) is 0 Å². The van der Waals surface area contributed by atoms with Crippen LogP contribution >= 0.6 is 0 Å². The average molecular weight is 205 g/mol. The maximum atomic E-state index is 11.5. The first-order valence-electron chi connectivity index (χ1n) is 5.19. The molecular weight excluding hydrogens is 190 g/mol. The molecule has 1 amide bonds. The highest BCUT2D eigenvalue weighted by atomic mass is 16.6. The van der Waals surface area contributed by atoms with Crippen LogP contribution in [-0.2, 0) is 11.3 Å². The lowest BCUT2D eigenvalue weighted by Crippen LogP contribution is -2.32. The molecule has 1 heterocycles. The molecular formula is C12H15NO2. The molecule has 0 aromatic heterocycles. The first-order chi connectivity index (χ1) is 7.18. The fraction of sp³-hybridized carbons (Fsp3) is 0.417. The summed E-state index contributed by atoms with van der Waals surface area (Å²) >= 11 is 0. The van der Waals surface area contributed by atoms with Gasteiger partial charge in [0, 0.05) is 6.54 Å². The predicted molar refractivity (Wildman–Crippen MR) is 57.4 cm³/mol. The van der Waals surface area contributed by atoms with Crippen LogP contribution in [0.1, 0.15) is 19.4 Å². The minimum Gasteiger partial charge on any atom is -0.444 e. The fourth-order valence-corrected chi connectivity index (χ4v) is 1.73. The van der Waals surface area contributed by atoms with Crippen molar-refractivity contribution in [3.63, 3.8) is 0 Å². The van der Waals surface area contributed by atoms with Crippen LogP contribution in [0.25, 0.3) is 0 Å². The van der Waals surface area contributed by atoms with Crippen LogP contribution in [-0.4, -0.2) is 23.1 Å². The van der Waals surface area contributed by atoms with Crippen molar-refractivity contribution in [1.29, 1.82) is 0 Å². The van der Waals surface area contributed by atoms with Crippen molar-refractivity contribution >= 4 is 6.09 Å². The minimum absolute atomic E-state index is 0.0128. The number of carbonyl (C=O) groups excluding carboxylic acids is 1. The maximum Gasteiger partial charge on any atom is 0.410 e. The normalized spacial score (nSPS) is 25.5. The average Bonchev–Trinajstić information content (AvgIpc) is 2.47. The van der Waals surface area contributed by atoms with Gasteiger partial charge in [-0.25, -0.2) is 4.79 Å². The summed E-state index contributed by atoms with van der Waals surface area (Å²) in [6.45, 7) is 4.57. The topological polar surface area (TPSA) is 29.5 Å². The van der Waals surface area contributed by atoms with Crippen molar-refractivity contribution in [1.82, 2.24) is 4.90 Å². The Hall–Kier alpha value is -1.51. The molecule has 0 spiro atoms. The molecule has 0 radical (unpaired) electrons. The summed E-state index contributed by atoms with van der Waals surface area (Å²) in [7, 11) is 0. The molecule has 1 fully saturated rings. The molecule has 2 atom stereocenters. The smallest absolute Gasteiger partial charge is 0.410 e. The Labute approximate surface area is 89.7 Å². The lowest BCUT2D eigenvalue weighted by atomic mass is 10.1. The number of hydrogen-bond donors (Lipinski definition) is 0. The zero-order valence-corrected chi connectivity index (χ0v) is 9.01. The van der Waals surface area contributed by atoms with Gasteiger partial charge in [-0.05, 0) is 19.4 Å². The molecule has 0 unspecified atom stereocenters. The van der Waals surface area contributed by atoms with Crippen molar-refractivity contribution in [3.05, 3.63) is 35.9 Å². The van der Waals surface area contributed by atoms with Crippen LogP contribution in [0.4, 0.5) is 4.79 Å². The third-order valence-corrected chi connectivity index (χ3v) is 2.89. The highest BCUT2D eigenvalue weighted by Gasteiger charge is 2.35. The highest BCUT2D eigenvalue weighted by molar-refractivity contribution is 5.70. The second-order valence-electron chi connectivity index (χ2n) is 3.94. The lowest BCUT2D eigenvalue weighted by molar-refractivity contribution is 0.137. The number of carbonyl (C=O) groups is 1. The standard InChI is InChI=1S/C12H15NO2/c1-9-10(2)15-12(14)13(9)8-11-6-4-3-5-7-11/h3-7,9-10H,8H2,1-2H3/t9-,10-/m0/s1. The molecule has 0 bridgehead atoms. The van der Waals surface area contributed by atoms with Crippen molar-refractivity contribution in [2.45, 2.75) is 32.5 Å². The number of rotatable bonds is 2. The van der Waals surface area contributed by atoms with E-state index in [1.165, 1.54) is 0 Å². The van der Waals surface area contributed by atoms with Gasteiger partial charge in [-0.3, -0.25) is 4.90 Å². The number of amides is 1. The molecule has 15 heavy (non-hydrogen) atoms. The van der Waals surface area contributed by atoms with E-state index >= 15 is 0 Å². The number of nitrogens with zero attached hydrogens (tertiary/aromatic N) is 1. The molecule has 3 heteroatoms. The minimum atomic E-state index is -0.209. The molecule has 1 saturated heterocycles. The molecule has 1 aromatic rings. The predicted octanol–water partition coefficient (Wildman–Crippen LogP) is 2.42. The molecule has 2 rings (SSSR count). The molecule has 0 N–H and O–H groups in total. The molecule has 80 valence electrons. The SMILES string of the molecule is C[C@@H]1OC(=O)N(Cc2ccccc2)[C@H]1C. The van der Waals surface area contributed by atoms with Gasteiger partial charge in [0.25, 0.3) is 0 Å². The van der Waals surface area contributed by atoms with E-state index in [9.17, 15) is 4.79 Å². The molecule has 1 aliphatic rings. The van der Waals surface area contributed by atoms with Gasteiger partial charge < -0.3 is 4.74 Å². The summed E-state index contributed by atoms with van der Waals surface area (Å²) < 4.78 is 5.15. The van der Waals surface area contributed by atoms with E-state index in [1.54, 1.807) is 4.90 Å². The summed E-state index contributed by atoms with van der Waals surface area (Å²) in [4.78, 5) is 13.3. The number of benzene rings is 1. The summed E-state index contributed by atoms with van der Waals surface area (Å²) in [5.41, 5.74) is 1.13. The van der Waals surface area contributed by atoms with Crippen LogP contribution in [0.15, 0.2) is 30.3 Å². The Morgan fingerprint density at radius 2 is 1.93 bits per heavy atom. The number of cyclic esters (lactones) is 1. The van der Waals surface area contributed by atoms with Gasteiger partial charge in [-0.2, -0.15) is 0 Å². The Morgan fingerprint density at radius 3 is 2.47 bits per heavy atom. The Morgan fingerprint density at radius 1 is 1.27 bits per heavy atom. The van der Waals surface area contributed by atoms with E-state index in [4.69, 9.17) is 4.74 Å². The van der Waals surface area contributed by atoms with Crippen LogP contribution < -0.4 is 0 Å². The Bertz CT molecular complexity index is 350. The van der Waals surface area contributed by atoms with E-state index in [0.29, 0.717) is 6.54 Å². The maximum absolute atomic E-state index is 11.5. The van der Waals surface area contributed by atoms with Gasteiger partial charge in [0.05, 0.1) is 6.04 Å². The summed E-state index contributed by atoms with van der Waals surface area (Å²) in [6, 6.07) is 10.1. The molecule has 3 nitrogen and oxygen atoms in total. The van der Waals surface area contributed by atoms with Gasteiger partial charge in [-0.1, -0.05) is 30.3 Å². The fourth-order valence-electron chi connectivity index (χ4n) is 1.73. The largest absolute Gasteiger partial charge is 0.444 e. The first kappa shape index (κ1) is 10.0. The van der Waals surface area contributed by atoms with Crippen molar-refractivity contribution in [3.8, 4) is 0 Å². The summed E-state index contributed by atoms with van der Waals surface area (Å²) in [5, 5.41) is 0. The number of hydrogen-bond acceptors (Lipinski definition) is 2. The third-order valence-electron chi connectivity index (χ3n) is 2.89. The van der Waals surface area contributed by atoms with E-state index in [0.717, 1.165) is 5.56 Å². The first-order valence-corrected chi connectivity index (χ1v) is 5.19. The van der Waals surface area contributed by atoms with Gasteiger partial charge >= 0.3 is 6.09 Å². The van der Waals surface area contributed by atoms with Gasteiger partial charge in [0.15, 0.2) is 0 Å². The zero-order chi connectivity index (χ0) is 10.8. The van der Waals surface area contributed by atoms with Crippen LogP contribution in [0, 0.1) is 0 Å². The molecule has 0 aliphatic carbocycles. The highest BCUT2D eigenvalue weighted by Crippen LogP contribution is 2.21. The molecule has 1 aromatic carbocycles. The lowest BCUT2D eigenvalue weighted by Gasteiger charge is -2.19. The van der Waals surface area contributed by atoms with Gasteiger partial charge in [0.1, 0.15) is 6.10 Å². The molecule has 1 aliphatic heterocycles. The Balaban J connectivity index is 2.09. The third kappa shape index (κ3) is 1.96. The monoisotopic (exact) mass is 205 g/mol.